The molecule has 0 fully saturated rings. The minimum Gasteiger partial charge on any atom is -0.446 e. The molecule has 2 N–H and O–H groups in total. The van der Waals surface area contributed by atoms with E-state index in [1.165, 1.54) is 10.8 Å². The first kappa shape index (κ1) is 18.2. The number of benzene rings is 1. The number of fused-ring (bicyclic) bond motifs is 2. The summed E-state index contributed by atoms with van der Waals surface area (Å²) in [6, 6.07) is 8.46. The van der Waals surface area contributed by atoms with Crippen LogP contribution in [0.2, 0.25) is 0 Å². The van der Waals surface area contributed by atoms with E-state index in [9.17, 15) is 14.7 Å². The van der Waals surface area contributed by atoms with Gasteiger partial charge < -0.3 is 15.2 Å². The monoisotopic (exact) mass is 379 g/mol. The van der Waals surface area contributed by atoms with Gasteiger partial charge in [0.15, 0.2) is 5.82 Å². The molecule has 144 valence electrons. The Labute approximate surface area is 162 Å². The summed E-state index contributed by atoms with van der Waals surface area (Å²) in [4.78, 5) is 30.6. The lowest BCUT2D eigenvalue weighted by molar-refractivity contribution is -0.140. The first-order valence-electron chi connectivity index (χ1n) is 9.16. The first-order chi connectivity index (χ1) is 13.4. The van der Waals surface area contributed by atoms with Crippen molar-refractivity contribution in [2.45, 2.75) is 32.0 Å². The average molecular weight is 379 g/mol. The molecule has 2 aliphatic heterocycles. The maximum atomic E-state index is 13.3. The summed E-state index contributed by atoms with van der Waals surface area (Å²) in [5, 5.41) is 14.1. The summed E-state index contributed by atoms with van der Waals surface area (Å²) >= 11 is 0. The highest BCUT2D eigenvalue weighted by molar-refractivity contribution is 5.82. The van der Waals surface area contributed by atoms with E-state index in [4.69, 9.17) is 4.74 Å². The highest BCUT2D eigenvalue weighted by Crippen LogP contribution is 2.33. The van der Waals surface area contributed by atoms with Crippen LogP contribution in [0.25, 0.3) is 6.08 Å². The summed E-state index contributed by atoms with van der Waals surface area (Å²) in [5.74, 6) is -0.415. The lowest BCUT2D eigenvalue weighted by Crippen LogP contribution is -2.60. The Bertz CT molecular complexity index is 1040. The van der Waals surface area contributed by atoms with Gasteiger partial charge in [0.1, 0.15) is 11.6 Å². The number of allylic oxidation sites excluding steroid dienone is 2. The zero-order chi connectivity index (χ0) is 19.9. The van der Waals surface area contributed by atoms with Crippen molar-refractivity contribution in [1.29, 1.82) is 0 Å². The molecule has 0 aliphatic carbocycles. The second kappa shape index (κ2) is 6.76. The Morgan fingerprint density at radius 3 is 2.71 bits per heavy atom. The topological polar surface area (TPSA) is 93.5 Å². The standard InChI is InChI=1S/C21H21N3O4/c1-13(2)16-17(25)23-21(27,12-14-8-4-3-5-9-14)20-22-18-15(19(26)24(16)20)10-6-7-11-28-18/h3-11,13,16,27H,12H2,1-2H3,(H,23,25)/t16-,21+/m1/s1. The van der Waals surface area contributed by atoms with Crippen LogP contribution in [-0.4, -0.2) is 20.6 Å². The second-order valence-corrected chi connectivity index (χ2v) is 7.34. The van der Waals surface area contributed by atoms with Crippen LogP contribution < -0.4 is 15.6 Å². The highest BCUT2D eigenvalue weighted by Gasteiger charge is 2.46. The maximum Gasteiger partial charge on any atom is 0.265 e. The Kier molecular flexibility index (Phi) is 4.39. The van der Waals surface area contributed by atoms with Gasteiger partial charge in [-0.1, -0.05) is 50.3 Å². The molecule has 2 aromatic rings. The van der Waals surface area contributed by atoms with Crippen molar-refractivity contribution in [3.63, 3.8) is 0 Å². The number of carbonyl (C=O) groups is 1. The summed E-state index contributed by atoms with van der Waals surface area (Å²) in [6.45, 7) is 3.70. The van der Waals surface area contributed by atoms with E-state index in [2.05, 4.69) is 10.3 Å². The Hall–Kier alpha value is -3.19. The van der Waals surface area contributed by atoms with E-state index < -0.39 is 23.2 Å². The Morgan fingerprint density at radius 2 is 2.00 bits per heavy atom. The Morgan fingerprint density at radius 1 is 1.25 bits per heavy atom. The predicted octanol–water partition coefficient (Wildman–Crippen LogP) is 1.88. The molecule has 1 amide bonds. The van der Waals surface area contributed by atoms with E-state index in [1.54, 1.807) is 18.2 Å². The number of carbonyl (C=O) groups excluding carboxylic acids is 1. The van der Waals surface area contributed by atoms with Crippen molar-refractivity contribution >= 4 is 12.0 Å². The van der Waals surface area contributed by atoms with Gasteiger partial charge in [0.2, 0.25) is 17.5 Å². The quantitative estimate of drug-likeness (QED) is 0.849. The maximum absolute atomic E-state index is 13.3. The zero-order valence-electron chi connectivity index (χ0n) is 15.6. The molecular formula is C21H21N3O4. The fraction of sp³-hybridized carbons (Fsp3) is 0.286. The van der Waals surface area contributed by atoms with E-state index >= 15 is 0 Å². The number of aliphatic hydroxyl groups is 1. The highest BCUT2D eigenvalue weighted by atomic mass is 16.5. The smallest absolute Gasteiger partial charge is 0.265 e. The molecule has 2 aliphatic rings. The molecule has 4 rings (SSSR count). The minimum absolute atomic E-state index is 0.0707. The molecule has 1 aromatic heterocycles. The molecule has 1 aromatic carbocycles. The van der Waals surface area contributed by atoms with Gasteiger partial charge in [-0.25, -0.2) is 0 Å². The minimum atomic E-state index is -1.83. The second-order valence-electron chi connectivity index (χ2n) is 7.34. The van der Waals surface area contributed by atoms with Crippen molar-refractivity contribution < 1.29 is 14.6 Å². The number of hydrogen-bond acceptors (Lipinski definition) is 5. The van der Waals surface area contributed by atoms with E-state index in [0.717, 1.165) is 5.56 Å². The molecule has 7 nitrogen and oxygen atoms in total. The summed E-state index contributed by atoms with van der Waals surface area (Å²) in [5.41, 5.74) is -1.21. The molecule has 0 unspecified atom stereocenters. The van der Waals surface area contributed by atoms with Gasteiger partial charge in [0.25, 0.3) is 5.56 Å². The van der Waals surface area contributed by atoms with Crippen LogP contribution in [0.4, 0.5) is 0 Å². The number of ether oxygens (including phenoxy) is 1. The van der Waals surface area contributed by atoms with Crippen molar-refractivity contribution in [3.8, 4) is 5.88 Å². The van der Waals surface area contributed by atoms with Crippen LogP contribution in [0.1, 0.15) is 36.8 Å². The zero-order valence-corrected chi connectivity index (χ0v) is 15.6. The normalized spacial score (nSPS) is 22.9. The number of amides is 1. The lowest BCUT2D eigenvalue weighted by Gasteiger charge is -2.40. The van der Waals surface area contributed by atoms with Crippen molar-refractivity contribution in [3.05, 3.63) is 76.1 Å². The molecule has 3 heterocycles. The van der Waals surface area contributed by atoms with Crippen LogP contribution >= 0.6 is 0 Å². The molecule has 0 bridgehead atoms. The molecule has 2 atom stereocenters. The Balaban J connectivity index is 1.95. The molecule has 0 saturated heterocycles. The third kappa shape index (κ3) is 2.93. The number of nitrogens with one attached hydrogen (secondary N) is 1. The van der Waals surface area contributed by atoms with Gasteiger partial charge in [-0.05, 0) is 23.6 Å². The third-order valence-electron chi connectivity index (χ3n) is 4.93. The molecule has 0 spiro atoms. The lowest BCUT2D eigenvalue weighted by atomic mass is 9.93. The molecule has 0 radical (unpaired) electrons. The van der Waals surface area contributed by atoms with E-state index in [-0.39, 0.29) is 29.6 Å². The van der Waals surface area contributed by atoms with Crippen molar-refractivity contribution in [1.82, 2.24) is 14.9 Å². The van der Waals surface area contributed by atoms with Crippen molar-refractivity contribution in [2.75, 3.05) is 0 Å². The molecule has 28 heavy (non-hydrogen) atoms. The SMILES string of the molecule is CC(C)[C@@H]1C(=O)N[C@](O)(Cc2ccccc2)c2nc3c(c(=O)n21)C=CC=CO3. The fourth-order valence-electron chi connectivity index (χ4n) is 3.68. The van der Waals surface area contributed by atoms with Gasteiger partial charge in [-0.15, -0.1) is 0 Å². The summed E-state index contributed by atoms with van der Waals surface area (Å²) in [7, 11) is 0. The van der Waals surface area contributed by atoms with Crippen LogP contribution in [0.3, 0.4) is 0 Å². The average Bonchev–Trinajstić information content (AvgIpc) is 2.89. The number of nitrogens with zero attached hydrogens (tertiary/aromatic N) is 2. The number of aromatic nitrogens is 2. The van der Waals surface area contributed by atoms with Gasteiger partial charge in [0, 0.05) is 6.42 Å². The third-order valence-corrected chi connectivity index (χ3v) is 4.93. The fourth-order valence-corrected chi connectivity index (χ4v) is 3.68. The van der Waals surface area contributed by atoms with Crippen LogP contribution in [0.15, 0.2) is 53.5 Å². The predicted molar refractivity (Wildman–Crippen MR) is 103 cm³/mol. The van der Waals surface area contributed by atoms with E-state index in [1.807, 2.05) is 44.2 Å². The van der Waals surface area contributed by atoms with E-state index in [0.29, 0.717) is 0 Å². The van der Waals surface area contributed by atoms with Gasteiger partial charge in [0.05, 0.1) is 6.26 Å². The number of hydrogen-bond donors (Lipinski definition) is 2. The summed E-state index contributed by atoms with van der Waals surface area (Å²) < 4.78 is 6.78. The molecular weight excluding hydrogens is 358 g/mol. The van der Waals surface area contributed by atoms with Crippen molar-refractivity contribution in [2.24, 2.45) is 5.92 Å². The van der Waals surface area contributed by atoms with Gasteiger partial charge in [-0.3, -0.25) is 14.2 Å². The molecule has 0 saturated carbocycles. The number of rotatable bonds is 3. The van der Waals surface area contributed by atoms with Gasteiger partial charge >= 0.3 is 0 Å². The largest absolute Gasteiger partial charge is 0.446 e. The first-order valence-corrected chi connectivity index (χ1v) is 9.16. The van der Waals surface area contributed by atoms with Crippen LogP contribution in [-0.2, 0) is 16.9 Å². The summed E-state index contributed by atoms with van der Waals surface area (Å²) in [6.07, 6.45) is 6.40. The van der Waals surface area contributed by atoms with Gasteiger partial charge in [-0.2, -0.15) is 4.98 Å². The van der Waals surface area contributed by atoms with Crippen LogP contribution in [0, 0.1) is 5.92 Å². The molecule has 7 heteroatoms. The van der Waals surface area contributed by atoms with Crippen LogP contribution in [0.5, 0.6) is 5.88 Å².